The van der Waals surface area contributed by atoms with Gasteiger partial charge in [0.15, 0.2) is 0 Å². The number of hydrogen-bond acceptors (Lipinski definition) is 4. The van der Waals surface area contributed by atoms with E-state index in [2.05, 4.69) is 5.32 Å². The molecular weight excluding hydrogens is 308 g/mol. The van der Waals surface area contributed by atoms with Crippen molar-refractivity contribution >= 4 is 11.7 Å². The summed E-state index contributed by atoms with van der Waals surface area (Å²) in [7, 11) is 3.06. The molecule has 1 aliphatic heterocycles. The van der Waals surface area contributed by atoms with Gasteiger partial charge in [-0.05, 0) is 12.1 Å². The number of urea groups is 1. The third-order valence-electron chi connectivity index (χ3n) is 3.71. The molecule has 1 saturated heterocycles. The lowest BCUT2D eigenvalue weighted by molar-refractivity contribution is 0.0651. The first kappa shape index (κ1) is 17.3. The zero-order valence-electron chi connectivity index (χ0n) is 13.2. The molecule has 1 N–H and O–H groups in total. The topological polar surface area (TPSA) is 54.0 Å². The second-order valence-electron chi connectivity index (χ2n) is 5.18. The van der Waals surface area contributed by atoms with Crippen LogP contribution in [0.1, 0.15) is 0 Å². The van der Waals surface area contributed by atoms with Crippen LogP contribution in [-0.2, 0) is 0 Å². The number of methoxy groups -OCH3 is 2. The van der Waals surface area contributed by atoms with E-state index in [9.17, 15) is 13.6 Å². The van der Waals surface area contributed by atoms with E-state index in [0.29, 0.717) is 43.4 Å². The van der Waals surface area contributed by atoms with Gasteiger partial charge in [-0.25, -0.2) is 13.6 Å². The van der Waals surface area contributed by atoms with Gasteiger partial charge in [0.25, 0.3) is 6.43 Å². The van der Waals surface area contributed by atoms with Crippen molar-refractivity contribution in [3.63, 3.8) is 0 Å². The molecule has 0 aromatic heterocycles. The number of anilines is 1. The Hall–Kier alpha value is -2.09. The van der Waals surface area contributed by atoms with E-state index in [0.717, 1.165) is 0 Å². The first-order valence-electron chi connectivity index (χ1n) is 7.32. The van der Waals surface area contributed by atoms with Gasteiger partial charge in [0.05, 0.1) is 26.5 Å². The summed E-state index contributed by atoms with van der Waals surface area (Å²) in [6.07, 6.45) is -2.35. The summed E-state index contributed by atoms with van der Waals surface area (Å²) >= 11 is 0. The quantitative estimate of drug-likeness (QED) is 0.899. The van der Waals surface area contributed by atoms with E-state index in [1.54, 1.807) is 35.1 Å². The molecule has 0 saturated carbocycles. The maximum atomic E-state index is 12.3. The second kappa shape index (κ2) is 7.96. The molecule has 2 rings (SSSR count). The van der Waals surface area contributed by atoms with Crippen LogP contribution < -0.4 is 14.8 Å². The Kier molecular flexibility index (Phi) is 5.97. The lowest BCUT2D eigenvalue weighted by Crippen LogP contribution is -2.50. The van der Waals surface area contributed by atoms with Gasteiger partial charge in [-0.15, -0.1) is 0 Å². The highest BCUT2D eigenvalue weighted by Crippen LogP contribution is 2.29. The van der Waals surface area contributed by atoms with Gasteiger partial charge in [0.2, 0.25) is 0 Å². The molecule has 0 radical (unpaired) electrons. The Morgan fingerprint density at radius 2 is 1.91 bits per heavy atom. The molecule has 1 heterocycles. The molecule has 1 aromatic carbocycles. The molecular formula is C15H21F2N3O3. The maximum absolute atomic E-state index is 12.3. The molecule has 0 spiro atoms. The molecule has 1 fully saturated rings. The fraction of sp³-hybridized carbons (Fsp3) is 0.533. The van der Waals surface area contributed by atoms with Gasteiger partial charge in [-0.2, -0.15) is 0 Å². The van der Waals surface area contributed by atoms with Crippen LogP contribution >= 0.6 is 0 Å². The zero-order valence-corrected chi connectivity index (χ0v) is 13.2. The number of carbonyl (C=O) groups excluding carboxylic acids is 1. The number of alkyl halides is 2. The Morgan fingerprint density at radius 1 is 1.22 bits per heavy atom. The van der Waals surface area contributed by atoms with Crippen molar-refractivity contribution in [2.75, 3.05) is 52.3 Å². The van der Waals surface area contributed by atoms with Crippen molar-refractivity contribution in [2.24, 2.45) is 0 Å². The fourth-order valence-corrected chi connectivity index (χ4v) is 2.42. The highest BCUT2D eigenvalue weighted by molar-refractivity contribution is 5.91. The molecule has 1 aliphatic rings. The Balaban J connectivity index is 1.93. The average Bonchev–Trinajstić information content (AvgIpc) is 2.55. The van der Waals surface area contributed by atoms with Crippen LogP contribution in [0, 0.1) is 0 Å². The summed E-state index contributed by atoms with van der Waals surface area (Å²) in [5.41, 5.74) is 0.535. The van der Waals surface area contributed by atoms with Crippen molar-refractivity contribution in [3.8, 4) is 11.5 Å². The number of rotatable bonds is 5. The molecule has 1 aromatic rings. The minimum absolute atomic E-state index is 0.248. The monoisotopic (exact) mass is 329 g/mol. The fourth-order valence-electron chi connectivity index (χ4n) is 2.42. The second-order valence-corrected chi connectivity index (χ2v) is 5.18. The van der Waals surface area contributed by atoms with Crippen LogP contribution in [0.25, 0.3) is 0 Å². The van der Waals surface area contributed by atoms with Crippen LogP contribution in [0.5, 0.6) is 11.5 Å². The predicted molar refractivity (Wildman–Crippen MR) is 82.6 cm³/mol. The van der Waals surface area contributed by atoms with Gasteiger partial charge < -0.3 is 19.7 Å². The smallest absolute Gasteiger partial charge is 0.322 e. The van der Waals surface area contributed by atoms with E-state index in [4.69, 9.17) is 9.47 Å². The summed E-state index contributed by atoms with van der Waals surface area (Å²) in [4.78, 5) is 15.5. The number of amides is 2. The highest BCUT2D eigenvalue weighted by Gasteiger charge is 2.23. The van der Waals surface area contributed by atoms with Crippen LogP contribution in [-0.4, -0.2) is 69.2 Å². The van der Waals surface area contributed by atoms with E-state index < -0.39 is 6.43 Å². The first-order valence-corrected chi connectivity index (χ1v) is 7.32. The number of piperazine rings is 1. The van der Waals surface area contributed by atoms with Crippen molar-refractivity contribution < 1.29 is 23.0 Å². The molecule has 6 nitrogen and oxygen atoms in total. The van der Waals surface area contributed by atoms with Gasteiger partial charge in [0, 0.05) is 32.2 Å². The summed E-state index contributed by atoms with van der Waals surface area (Å²) < 4.78 is 35.0. The lowest BCUT2D eigenvalue weighted by atomic mass is 10.2. The summed E-state index contributed by atoms with van der Waals surface area (Å²) in [5, 5.41) is 2.78. The van der Waals surface area contributed by atoms with E-state index in [1.807, 2.05) is 0 Å². The lowest BCUT2D eigenvalue weighted by Gasteiger charge is -2.34. The summed E-state index contributed by atoms with van der Waals surface area (Å²) in [6.45, 7) is 1.46. The normalized spacial score (nSPS) is 15.6. The summed E-state index contributed by atoms with van der Waals surface area (Å²) in [6, 6.07) is 4.82. The Labute approximate surface area is 133 Å². The molecule has 23 heavy (non-hydrogen) atoms. The van der Waals surface area contributed by atoms with Gasteiger partial charge >= 0.3 is 6.03 Å². The number of halogens is 2. The van der Waals surface area contributed by atoms with Gasteiger partial charge in [-0.1, -0.05) is 0 Å². The Bertz CT molecular complexity index is 535. The molecule has 0 bridgehead atoms. The predicted octanol–water partition coefficient (Wildman–Crippen LogP) is 2.12. The largest absolute Gasteiger partial charge is 0.497 e. The summed E-state index contributed by atoms with van der Waals surface area (Å²) in [5.74, 6) is 1.12. The highest BCUT2D eigenvalue weighted by atomic mass is 19.3. The zero-order chi connectivity index (χ0) is 16.8. The van der Waals surface area contributed by atoms with E-state index >= 15 is 0 Å². The number of ether oxygens (including phenoxy) is 2. The van der Waals surface area contributed by atoms with Gasteiger partial charge in [-0.3, -0.25) is 4.90 Å². The van der Waals surface area contributed by atoms with Crippen LogP contribution in [0.15, 0.2) is 18.2 Å². The number of carbonyl (C=O) groups is 1. The van der Waals surface area contributed by atoms with Crippen molar-refractivity contribution in [3.05, 3.63) is 18.2 Å². The number of nitrogens with one attached hydrogen (secondary N) is 1. The molecule has 0 unspecified atom stereocenters. The number of nitrogens with zero attached hydrogens (tertiary/aromatic N) is 2. The minimum Gasteiger partial charge on any atom is -0.497 e. The van der Waals surface area contributed by atoms with Crippen molar-refractivity contribution in [1.82, 2.24) is 9.80 Å². The molecule has 2 amide bonds. The van der Waals surface area contributed by atoms with Gasteiger partial charge in [0.1, 0.15) is 11.5 Å². The molecule has 128 valence electrons. The van der Waals surface area contributed by atoms with Crippen molar-refractivity contribution in [2.45, 2.75) is 6.43 Å². The molecule has 8 heteroatoms. The van der Waals surface area contributed by atoms with E-state index in [1.165, 1.54) is 7.11 Å². The average molecular weight is 329 g/mol. The van der Waals surface area contributed by atoms with Crippen LogP contribution in [0.4, 0.5) is 19.3 Å². The third kappa shape index (κ3) is 4.69. The molecule has 0 aliphatic carbocycles. The minimum atomic E-state index is -2.35. The molecule has 0 atom stereocenters. The van der Waals surface area contributed by atoms with Crippen molar-refractivity contribution in [1.29, 1.82) is 0 Å². The van der Waals surface area contributed by atoms with Crippen LogP contribution in [0.2, 0.25) is 0 Å². The standard InChI is InChI=1S/C15H21F2N3O3/c1-22-11-3-4-12(13(9-11)23-2)18-15(21)20-7-5-19(6-8-20)10-14(16)17/h3-4,9,14H,5-8,10H2,1-2H3,(H,18,21). The maximum Gasteiger partial charge on any atom is 0.322 e. The number of hydrogen-bond donors (Lipinski definition) is 1. The first-order chi connectivity index (χ1) is 11.0. The Morgan fingerprint density at radius 3 is 2.48 bits per heavy atom. The van der Waals surface area contributed by atoms with Crippen LogP contribution in [0.3, 0.4) is 0 Å². The number of benzene rings is 1. The van der Waals surface area contributed by atoms with E-state index in [-0.39, 0.29) is 12.6 Å². The SMILES string of the molecule is COc1ccc(NC(=O)N2CCN(CC(F)F)CC2)c(OC)c1. The third-order valence-corrected chi connectivity index (χ3v) is 3.71.